The highest BCUT2D eigenvalue weighted by atomic mass is 16.3. The highest BCUT2D eigenvalue weighted by Crippen LogP contribution is 2.04. The minimum absolute atomic E-state index is 0.0141. The number of benzene rings is 1. The van der Waals surface area contributed by atoms with E-state index >= 15 is 0 Å². The Morgan fingerprint density at radius 2 is 1.93 bits per heavy atom. The van der Waals surface area contributed by atoms with E-state index in [9.17, 15) is 9.90 Å². The molecule has 4 nitrogen and oxygen atoms in total. The van der Waals surface area contributed by atoms with Crippen LogP contribution in [-0.2, 0) is 0 Å². The van der Waals surface area contributed by atoms with E-state index in [0.717, 1.165) is 0 Å². The lowest BCUT2D eigenvalue weighted by atomic mass is 10.0. The highest BCUT2D eigenvalue weighted by Gasteiger charge is 2.22. The Bertz CT molecular complexity index is 300. The Kier molecular flexibility index (Phi) is 3.76. The molecule has 5 N–H and O–H groups in total. The van der Waals surface area contributed by atoms with Crippen molar-refractivity contribution in [3.8, 4) is 0 Å². The molecule has 14 heavy (non-hydrogen) atoms. The molecule has 0 fully saturated rings. The molecule has 76 valence electrons. The van der Waals surface area contributed by atoms with Crippen molar-refractivity contribution in [3.05, 3.63) is 35.9 Å². The van der Waals surface area contributed by atoms with Gasteiger partial charge in [0.15, 0.2) is 5.78 Å². The van der Waals surface area contributed by atoms with Crippen molar-refractivity contribution >= 4 is 5.78 Å². The molecule has 0 heterocycles. The van der Waals surface area contributed by atoms with Crippen LogP contribution in [0.25, 0.3) is 0 Å². The average molecular weight is 194 g/mol. The minimum atomic E-state index is -0.984. The van der Waals surface area contributed by atoms with E-state index in [-0.39, 0.29) is 12.3 Å². The number of carbonyl (C=O) groups is 1. The third-order valence-electron chi connectivity index (χ3n) is 2.02. The molecule has 0 aliphatic heterocycles. The van der Waals surface area contributed by atoms with E-state index in [2.05, 4.69) is 0 Å². The van der Waals surface area contributed by atoms with E-state index < -0.39 is 12.1 Å². The predicted molar refractivity (Wildman–Crippen MR) is 53.8 cm³/mol. The third kappa shape index (κ3) is 2.38. The van der Waals surface area contributed by atoms with Crippen molar-refractivity contribution in [3.63, 3.8) is 0 Å². The largest absolute Gasteiger partial charge is 0.390 e. The molecule has 0 saturated heterocycles. The summed E-state index contributed by atoms with van der Waals surface area (Å²) in [7, 11) is 0. The summed E-state index contributed by atoms with van der Waals surface area (Å²) in [5.41, 5.74) is 11.2. The van der Waals surface area contributed by atoms with Gasteiger partial charge < -0.3 is 16.6 Å². The number of aliphatic hydroxyl groups excluding tert-OH is 1. The smallest absolute Gasteiger partial charge is 0.182 e. The molecule has 1 aromatic rings. The molecule has 0 aromatic heterocycles. The van der Waals surface area contributed by atoms with E-state index in [1.807, 2.05) is 6.07 Å². The molecule has 2 atom stereocenters. The number of rotatable bonds is 4. The quantitative estimate of drug-likeness (QED) is 0.564. The number of carbonyl (C=O) groups excluding carboxylic acids is 1. The summed E-state index contributed by atoms with van der Waals surface area (Å²) in [5, 5.41) is 9.29. The number of nitrogens with two attached hydrogens (primary N) is 2. The first-order valence-corrected chi connectivity index (χ1v) is 4.39. The third-order valence-corrected chi connectivity index (χ3v) is 2.02. The normalized spacial score (nSPS) is 14.8. The van der Waals surface area contributed by atoms with Gasteiger partial charge in [-0.05, 0) is 0 Å². The molecule has 0 amide bonds. The maximum atomic E-state index is 11.6. The molecule has 0 saturated carbocycles. The molecule has 0 aliphatic rings. The molecule has 0 spiro atoms. The first-order valence-electron chi connectivity index (χ1n) is 4.39. The van der Waals surface area contributed by atoms with Gasteiger partial charge in [0.2, 0.25) is 0 Å². The molecule has 0 aliphatic carbocycles. The van der Waals surface area contributed by atoms with Gasteiger partial charge in [0, 0.05) is 12.1 Å². The van der Waals surface area contributed by atoms with Crippen LogP contribution in [0.2, 0.25) is 0 Å². The van der Waals surface area contributed by atoms with E-state index in [4.69, 9.17) is 11.5 Å². The van der Waals surface area contributed by atoms with Crippen molar-refractivity contribution < 1.29 is 9.90 Å². The van der Waals surface area contributed by atoms with Crippen molar-refractivity contribution in [2.24, 2.45) is 11.5 Å². The lowest BCUT2D eigenvalue weighted by molar-refractivity contribution is 0.0832. The summed E-state index contributed by atoms with van der Waals surface area (Å²) in [4.78, 5) is 11.6. The van der Waals surface area contributed by atoms with Crippen LogP contribution < -0.4 is 11.5 Å². The monoisotopic (exact) mass is 194 g/mol. The number of ketones is 1. The van der Waals surface area contributed by atoms with Gasteiger partial charge in [-0.2, -0.15) is 0 Å². The Morgan fingerprint density at radius 3 is 2.43 bits per heavy atom. The van der Waals surface area contributed by atoms with Gasteiger partial charge in [0.1, 0.15) is 0 Å². The van der Waals surface area contributed by atoms with Gasteiger partial charge in [0.05, 0.1) is 12.1 Å². The second-order valence-corrected chi connectivity index (χ2v) is 3.06. The van der Waals surface area contributed by atoms with Crippen LogP contribution in [0.1, 0.15) is 10.4 Å². The van der Waals surface area contributed by atoms with Crippen molar-refractivity contribution in [2.75, 3.05) is 6.54 Å². The number of Topliss-reactive ketones (excluding diaryl/α,β-unsaturated/α-hetero) is 1. The summed E-state index contributed by atoms with van der Waals surface area (Å²) in [5.74, 6) is -0.288. The summed E-state index contributed by atoms with van der Waals surface area (Å²) in [6, 6.07) is 7.67. The summed E-state index contributed by atoms with van der Waals surface area (Å²) in [6.07, 6.45) is -0.984. The van der Waals surface area contributed by atoms with Crippen molar-refractivity contribution in [2.45, 2.75) is 12.1 Å². The van der Waals surface area contributed by atoms with Crippen LogP contribution in [0.15, 0.2) is 30.3 Å². The SMILES string of the molecule is NCC(O)C(N)C(=O)c1ccccc1. The van der Waals surface area contributed by atoms with Crippen LogP contribution >= 0.6 is 0 Å². The van der Waals surface area contributed by atoms with E-state index in [1.165, 1.54) is 0 Å². The summed E-state index contributed by atoms with van der Waals surface area (Å²) < 4.78 is 0. The molecular weight excluding hydrogens is 180 g/mol. The standard InChI is InChI=1S/C10H14N2O2/c11-6-8(13)9(12)10(14)7-4-2-1-3-5-7/h1-5,8-9,13H,6,11-12H2. The van der Waals surface area contributed by atoms with Gasteiger partial charge >= 0.3 is 0 Å². The number of hydrogen-bond donors (Lipinski definition) is 3. The minimum Gasteiger partial charge on any atom is -0.390 e. The molecule has 1 rings (SSSR count). The molecule has 2 unspecified atom stereocenters. The van der Waals surface area contributed by atoms with Crippen molar-refractivity contribution in [1.29, 1.82) is 0 Å². The maximum absolute atomic E-state index is 11.6. The topological polar surface area (TPSA) is 89.3 Å². The Morgan fingerprint density at radius 1 is 1.36 bits per heavy atom. The van der Waals surface area contributed by atoms with Crippen molar-refractivity contribution in [1.82, 2.24) is 0 Å². The lowest BCUT2D eigenvalue weighted by Crippen LogP contribution is -2.45. The first kappa shape index (κ1) is 10.8. The van der Waals surface area contributed by atoms with Crippen LogP contribution in [0, 0.1) is 0 Å². The zero-order valence-electron chi connectivity index (χ0n) is 7.76. The second-order valence-electron chi connectivity index (χ2n) is 3.06. The van der Waals surface area contributed by atoms with Gasteiger partial charge in [-0.15, -0.1) is 0 Å². The summed E-state index contributed by atoms with van der Waals surface area (Å²) >= 11 is 0. The van der Waals surface area contributed by atoms with Crippen LogP contribution in [0.3, 0.4) is 0 Å². The fraction of sp³-hybridized carbons (Fsp3) is 0.300. The second kappa shape index (κ2) is 4.85. The first-order chi connectivity index (χ1) is 6.66. The highest BCUT2D eigenvalue weighted by molar-refractivity contribution is 6.00. The molecule has 4 heteroatoms. The molecule has 0 radical (unpaired) electrons. The number of hydrogen-bond acceptors (Lipinski definition) is 4. The zero-order valence-corrected chi connectivity index (χ0v) is 7.76. The van der Waals surface area contributed by atoms with Gasteiger partial charge in [0.25, 0.3) is 0 Å². The predicted octanol–water partition coefficient (Wildman–Crippen LogP) is -0.484. The van der Waals surface area contributed by atoms with E-state index in [1.54, 1.807) is 24.3 Å². The van der Waals surface area contributed by atoms with Gasteiger partial charge in [-0.25, -0.2) is 0 Å². The van der Waals surface area contributed by atoms with Gasteiger partial charge in [-0.3, -0.25) is 4.79 Å². The molecular formula is C10H14N2O2. The van der Waals surface area contributed by atoms with Gasteiger partial charge in [-0.1, -0.05) is 30.3 Å². The fourth-order valence-corrected chi connectivity index (χ4v) is 1.12. The number of aliphatic hydroxyl groups is 1. The Labute approximate surface area is 82.5 Å². The Hall–Kier alpha value is -1.23. The van der Waals surface area contributed by atoms with Crippen LogP contribution in [0.4, 0.5) is 0 Å². The van der Waals surface area contributed by atoms with Crippen LogP contribution in [-0.4, -0.2) is 29.6 Å². The average Bonchev–Trinajstić information content (AvgIpc) is 2.27. The Balaban J connectivity index is 2.76. The summed E-state index contributed by atoms with van der Waals surface area (Å²) in [6.45, 7) is -0.0141. The fourth-order valence-electron chi connectivity index (χ4n) is 1.12. The van der Waals surface area contributed by atoms with Crippen LogP contribution in [0.5, 0.6) is 0 Å². The zero-order chi connectivity index (χ0) is 10.6. The van der Waals surface area contributed by atoms with E-state index in [0.29, 0.717) is 5.56 Å². The lowest BCUT2D eigenvalue weighted by Gasteiger charge is -2.15. The maximum Gasteiger partial charge on any atom is 0.182 e. The molecule has 0 bridgehead atoms. The molecule has 1 aromatic carbocycles.